The summed E-state index contributed by atoms with van der Waals surface area (Å²) in [5, 5.41) is 4.20. The molecule has 1 unspecified atom stereocenters. The van der Waals surface area contributed by atoms with E-state index < -0.39 is 0 Å². The number of aromatic nitrogens is 5. The molecule has 0 amide bonds. The van der Waals surface area contributed by atoms with Crippen LogP contribution in [0.5, 0.6) is 0 Å². The summed E-state index contributed by atoms with van der Waals surface area (Å²) < 4.78 is 1.89. The molecule has 0 saturated carbocycles. The monoisotopic (exact) mass is 261 g/mol. The van der Waals surface area contributed by atoms with E-state index in [1.165, 1.54) is 0 Å². The second-order valence-corrected chi connectivity index (χ2v) is 4.44. The third-order valence-electron chi connectivity index (χ3n) is 2.83. The fourth-order valence-corrected chi connectivity index (χ4v) is 1.83. The van der Waals surface area contributed by atoms with Crippen LogP contribution in [0.2, 0.25) is 0 Å². The lowest BCUT2D eigenvalue weighted by Gasteiger charge is -2.14. The van der Waals surface area contributed by atoms with Crippen molar-refractivity contribution in [2.75, 3.05) is 0 Å². The molecule has 0 bridgehead atoms. The molecule has 0 aliphatic rings. The van der Waals surface area contributed by atoms with Gasteiger partial charge in [-0.3, -0.25) is 10.5 Å². The highest BCUT2D eigenvalue weighted by Gasteiger charge is 2.16. The first kappa shape index (κ1) is 13.6. The summed E-state index contributed by atoms with van der Waals surface area (Å²) in [6.07, 6.45) is 6.75. The van der Waals surface area contributed by atoms with Crippen molar-refractivity contribution in [3.63, 3.8) is 0 Å². The topological polar surface area (TPSA) is 94.5 Å². The van der Waals surface area contributed by atoms with Gasteiger partial charge in [0.1, 0.15) is 18.0 Å². The minimum Gasteiger partial charge on any atom is -0.271 e. The predicted molar refractivity (Wildman–Crippen MR) is 70.9 cm³/mol. The quantitative estimate of drug-likeness (QED) is 0.582. The third kappa shape index (κ3) is 3.33. The zero-order valence-electron chi connectivity index (χ0n) is 11.2. The van der Waals surface area contributed by atoms with E-state index in [0.717, 1.165) is 24.4 Å². The normalized spacial score (nSPS) is 12.6. The molecule has 2 rings (SSSR count). The summed E-state index contributed by atoms with van der Waals surface area (Å²) in [5.41, 5.74) is 3.76. The second kappa shape index (κ2) is 6.35. The Morgan fingerprint density at radius 3 is 2.68 bits per heavy atom. The maximum Gasteiger partial charge on any atom is 0.146 e. The molecule has 7 nitrogen and oxygen atoms in total. The van der Waals surface area contributed by atoms with Gasteiger partial charge < -0.3 is 0 Å². The average Bonchev–Trinajstić information content (AvgIpc) is 2.85. The maximum absolute atomic E-state index is 5.60. The van der Waals surface area contributed by atoms with Crippen LogP contribution in [0.25, 0.3) is 0 Å². The average molecular weight is 261 g/mol. The van der Waals surface area contributed by atoms with Gasteiger partial charge in [0.25, 0.3) is 0 Å². The van der Waals surface area contributed by atoms with E-state index in [-0.39, 0.29) is 6.04 Å². The number of hydrazine groups is 1. The highest BCUT2D eigenvalue weighted by molar-refractivity contribution is 5.06. The highest BCUT2D eigenvalue weighted by Crippen LogP contribution is 2.12. The molecule has 0 saturated heterocycles. The van der Waals surface area contributed by atoms with Crippen molar-refractivity contribution in [1.82, 2.24) is 30.2 Å². The smallest absolute Gasteiger partial charge is 0.146 e. The highest BCUT2D eigenvalue weighted by atomic mass is 15.3. The zero-order valence-corrected chi connectivity index (χ0v) is 11.2. The van der Waals surface area contributed by atoms with E-state index in [2.05, 4.69) is 32.4 Å². The van der Waals surface area contributed by atoms with Crippen molar-refractivity contribution < 1.29 is 0 Å². The largest absolute Gasteiger partial charge is 0.271 e. The van der Waals surface area contributed by atoms with Gasteiger partial charge in [-0.1, -0.05) is 6.92 Å². The van der Waals surface area contributed by atoms with Crippen LogP contribution in [-0.4, -0.2) is 24.7 Å². The molecule has 0 spiro atoms. The van der Waals surface area contributed by atoms with Crippen molar-refractivity contribution in [2.45, 2.75) is 39.3 Å². The summed E-state index contributed by atoms with van der Waals surface area (Å²) >= 11 is 0. The van der Waals surface area contributed by atoms with Crippen molar-refractivity contribution in [2.24, 2.45) is 5.84 Å². The van der Waals surface area contributed by atoms with Gasteiger partial charge in [-0.05, 0) is 18.9 Å². The predicted octanol–water partition coefficient (Wildman–Crippen LogP) is 0.534. The molecule has 19 heavy (non-hydrogen) atoms. The molecule has 3 N–H and O–H groups in total. The van der Waals surface area contributed by atoms with Crippen molar-refractivity contribution in [3.8, 4) is 0 Å². The number of nitrogens with zero attached hydrogens (tertiary/aromatic N) is 5. The van der Waals surface area contributed by atoms with E-state index in [1.807, 2.05) is 11.6 Å². The number of hydrogen-bond donors (Lipinski definition) is 2. The molecule has 0 aromatic carbocycles. The molecule has 0 aliphatic heterocycles. The number of nitrogens with one attached hydrogen (secondary N) is 1. The summed E-state index contributed by atoms with van der Waals surface area (Å²) in [5.74, 6) is 7.15. The van der Waals surface area contributed by atoms with Crippen LogP contribution in [0.15, 0.2) is 18.7 Å². The van der Waals surface area contributed by atoms with Gasteiger partial charge in [-0.25, -0.2) is 20.4 Å². The molecule has 2 aromatic heterocycles. The first-order valence-electron chi connectivity index (χ1n) is 6.36. The lowest BCUT2D eigenvalue weighted by Crippen LogP contribution is -2.31. The zero-order chi connectivity index (χ0) is 13.7. The van der Waals surface area contributed by atoms with Gasteiger partial charge in [0.2, 0.25) is 0 Å². The first-order valence-corrected chi connectivity index (χ1v) is 6.36. The van der Waals surface area contributed by atoms with Crippen LogP contribution in [-0.2, 0) is 13.0 Å². The molecular formula is C12H19N7. The van der Waals surface area contributed by atoms with E-state index in [0.29, 0.717) is 12.2 Å². The van der Waals surface area contributed by atoms with Crippen LogP contribution < -0.4 is 11.3 Å². The molecule has 7 heteroatoms. The SMILES string of the molecule is CCCn1ncnc1CC(NN)c1ncc(C)cn1. The number of hydrogen-bond acceptors (Lipinski definition) is 6. The first-order chi connectivity index (χ1) is 9.24. The molecule has 0 fully saturated rings. The minimum atomic E-state index is -0.166. The Bertz CT molecular complexity index is 505. The van der Waals surface area contributed by atoms with Gasteiger partial charge in [0, 0.05) is 25.4 Å². The van der Waals surface area contributed by atoms with Crippen LogP contribution in [0.1, 0.15) is 36.6 Å². The van der Waals surface area contributed by atoms with Gasteiger partial charge in [-0.15, -0.1) is 0 Å². The Hall–Kier alpha value is -1.86. The van der Waals surface area contributed by atoms with Crippen LogP contribution in [0.4, 0.5) is 0 Å². The Morgan fingerprint density at radius 2 is 2.05 bits per heavy atom. The fraction of sp³-hybridized carbons (Fsp3) is 0.500. The number of rotatable bonds is 6. The van der Waals surface area contributed by atoms with Gasteiger partial charge in [-0.2, -0.15) is 5.10 Å². The number of aryl methyl sites for hydroxylation is 2. The van der Waals surface area contributed by atoms with Crippen molar-refractivity contribution in [3.05, 3.63) is 35.9 Å². The molecule has 2 heterocycles. The van der Waals surface area contributed by atoms with E-state index in [1.54, 1.807) is 18.7 Å². The molecule has 1 atom stereocenters. The van der Waals surface area contributed by atoms with E-state index >= 15 is 0 Å². The Balaban J connectivity index is 2.14. The maximum atomic E-state index is 5.60. The van der Waals surface area contributed by atoms with Crippen molar-refractivity contribution in [1.29, 1.82) is 0 Å². The van der Waals surface area contributed by atoms with Crippen molar-refractivity contribution >= 4 is 0 Å². The third-order valence-corrected chi connectivity index (χ3v) is 2.83. The molecule has 102 valence electrons. The van der Waals surface area contributed by atoms with E-state index in [4.69, 9.17) is 5.84 Å². The summed E-state index contributed by atoms with van der Waals surface area (Å²) in [6.45, 7) is 4.90. The van der Waals surface area contributed by atoms with Crippen LogP contribution in [0, 0.1) is 6.92 Å². The Morgan fingerprint density at radius 1 is 1.32 bits per heavy atom. The van der Waals surface area contributed by atoms with Crippen LogP contribution >= 0.6 is 0 Å². The Kier molecular flexibility index (Phi) is 4.53. The molecule has 2 aromatic rings. The summed E-state index contributed by atoms with van der Waals surface area (Å²) in [6, 6.07) is -0.166. The second-order valence-electron chi connectivity index (χ2n) is 4.44. The lowest BCUT2D eigenvalue weighted by molar-refractivity contribution is 0.481. The Labute approximate surface area is 112 Å². The van der Waals surface area contributed by atoms with E-state index in [9.17, 15) is 0 Å². The number of nitrogens with two attached hydrogens (primary N) is 1. The summed E-state index contributed by atoms with van der Waals surface area (Å²) in [4.78, 5) is 12.9. The van der Waals surface area contributed by atoms with Gasteiger partial charge in [0.15, 0.2) is 0 Å². The lowest BCUT2D eigenvalue weighted by atomic mass is 10.2. The van der Waals surface area contributed by atoms with Gasteiger partial charge >= 0.3 is 0 Å². The summed E-state index contributed by atoms with van der Waals surface area (Å²) in [7, 11) is 0. The molecule has 0 radical (unpaired) electrons. The minimum absolute atomic E-state index is 0.166. The molecule has 0 aliphatic carbocycles. The van der Waals surface area contributed by atoms with Gasteiger partial charge in [0.05, 0.1) is 6.04 Å². The standard InChI is InChI=1S/C12H19N7/c1-3-4-19-11(16-8-17-19)5-10(18-13)12-14-6-9(2)7-15-12/h6-8,10,18H,3-5,13H2,1-2H3. The fourth-order valence-electron chi connectivity index (χ4n) is 1.83. The van der Waals surface area contributed by atoms with Crippen LogP contribution in [0.3, 0.4) is 0 Å². The molecular weight excluding hydrogens is 242 g/mol.